The van der Waals surface area contributed by atoms with Crippen molar-refractivity contribution in [3.05, 3.63) is 54.1 Å². The van der Waals surface area contributed by atoms with Crippen molar-refractivity contribution in [2.24, 2.45) is 5.73 Å². The molecule has 1 fully saturated rings. The molecule has 0 aromatic heterocycles. The first-order valence-electron chi connectivity index (χ1n) is 8.02. The van der Waals surface area contributed by atoms with Crippen molar-refractivity contribution >= 4 is 21.7 Å². The molecule has 0 bridgehead atoms. The molecule has 0 saturated carbocycles. The Labute approximate surface area is 150 Å². The molecule has 0 spiro atoms. The summed E-state index contributed by atoms with van der Waals surface area (Å²) in [6.45, 7) is 0. The van der Waals surface area contributed by atoms with Crippen LogP contribution in [0.4, 0.5) is 0 Å². The van der Waals surface area contributed by atoms with Gasteiger partial charge in [-0.3, -0.25) is 4.79 Å². The second kappa shape index (κ2) is 6.89. The summed E-state index contributed by atoms with van der Waals surface area (Å²) in [7, 11) is -3.95. The molecule has 136 valence electrons. The van der Waals surface area contributed by atoms with E-state index in [1.165, 1.54) is 18.2 Å². The number of carbonyl (C=O) groups excluding carboxylic acids is 1. The van der Waals surface area contributed by atoms with E-state index in [0.29, 0.717) is 17.5 Å². The minimum atomic E-state index is -3.95. The number of carboxylic acids is 1. The lowest BCUT2D eigenvalue weighted by Crippen LogP contribution is -2.47. The van der Waals surface area contributed by atoms with Crippen LogP contribution >= 0.6 is 0 Å². The average molecular weight is 374 g/mol. The van der Waals surface area contributed by atoms with Crippen molar-refractivity contribution in [1.82, 2.24) is 5.32 Å². The van der Waals surface area contributed by atoms with Gasteiger partial charge in [-0.1, -0.05) is 30.3 Å². The third kappa shape index (κ3) is 3.33. The molecule has 26 heavy (non-hydrogen) atoms. The van der Waals surface area contributed by atoms with Crippen LogP contribution in [0, 0.1) is 0 Å². The number of rotatable bonds is 5. The van der Waals surface area contributed by atoms with Gasteiger partial charge < -0.3 is 16.2 Å². The van der Waals surface area contributed by atoms with Gasteiger partial charge in [-0.05, 0) is 35.7 Å². The molecule has 2 aromatic carbocycles. The molecule has 1 aliphatic rings. The van der Waals surface area contributed by atoms with E-state index in [4.69, 9.17) is 5.73 Å². The highest BCUT2D eigenvalue weighted by atomic mass is 32.2. The lowest BCUT2D eigenvalue weighted by atomic mass is 10.00. The van der Waals surface area contributed by atoms with E-state index in [0.717, 1.165) is 0 Å². The molecule has 3 rings (SSSR count). The largest absolute Gasteiger partial charge is 0.478 e. The van der Waals surface area contributed by atoms with Gasteiger partial charge in [0.25, 0.3) is 0 Å². The maximum Gasteiger partial charge on any atom is 0.336 e. The van der Waals surface area contributed by atoms with Crippen LogP contribution in [0.15, 0.2) is 53.4 Å². The standard InChI is InChI=1S/C18H18N2O5S/c19-17(15-8-9-16(21)20-15)26(24,25)12-6-7-13(18(22)23)14(10-12)11-4-2-1-3-5-11/h1-7,10,15,17H,8-9,19H2,(H,20,21)(H,22,23)/t15-,17?/m0/s1. The fourth-order valence-electron chi connectivity index (χ4n) is 3.00. The summed E-state index contributed by atoms with van der Waals surface area (Å²) in [5.41, 5.74) is 6.80. The number of aromatic carboxylic acids is 1. The zero-order valence-electron chi connectivity index (χ0n) is 13.8. The maximum atomic E-state index is 12.9. The smallest absolute Gasteiger partial charge is 0.336 e. The second-order valence-electron chi connectivity index (χ2n) is 6.10. The van der Waals surface area contributed by atoms with E-state index in [1.54, 1.807) is 30.3 Å². The molecule has 4 N–H and O–H groups in total. The minimum Gasteiger partial charge on any atom is -0.478 e. The number of carbonyl (C=O) groups is 2. The van der Waals surface area contributed by atoms with Gasteiger partial charge in [-0.2, -0.15) is 0 Å². The monoisotopic (exact) mass is 374 g/mol. The Bertz CT molecular complexity index is 957. The Balaban J connectivity index is 2.05. The van der Waals surface area contributed by atoms with Gasteiger partial charge in [0, 0.05) is 6.42 Å². The topological polar surface area (TPSA) is 127 Å². The summed E-state index contributed by atoms with van der Waals surface area (Å²) >= 11 is 0. The summed E-state index contributed by atoms with van der Waals surface area (Å²) in [6, 6.07) is 11.8. The third-order valence-electron chi connectivity index (χ3n) is 4.42. The fraction of sp³-hybridized carbons (Fsp3) is 0.222. The molecule has 0 aliphatic carbocycles. The average Bonchev–Trinajstić information content (AvgIpc) is 3.07. The minimum absolute atomic E-state index is 0.00195. The van der Waals surface area contributed by atoms with E-state index in [-0.39, 0.29) is 22.8 Å². The van der Waals surface area contributed by atoms with Gasteiger partial charge in [0.15, 0.2) is 9.84 Å². The molecule has 7 nitrogen and oxygen atoms in total. The van der Waals surface area contributed by atoms with Gasteiger partial charge in [0.05, 0.1) is 16.5 Å². The number of hydrogen-bond acceptors (Lipinski definition) is 5. The maximum absolute atomic E-state index is 12.9. The van der Waals surface area contributed by atoms with Gasteiger partial charge in [0.1, 0.15) is 5.37 Å². The first kappa shape index (κ1) is 18.1. The van der Waals surface area contributed by atoms with E-state index < -0.39 is 27.2 Å². The van der Waals surface area contributed by atoms with E-state index >= 15 is 0 Å². The summed E-state index contributed by atoms with van der Waals surface area (Å²) in [6.07, 6.45) is 0.582. The number of nitrogens with two attached hydrogens (primary N) is 1. The van der Waals surface area contributed by atoms with Gasteiger partial charge in [-0.25, -0.2) is 13.2 Å². The van der Waals surface area contributed by atoms with Crippen LogP contribution in [-0.4, -0.2) is 36.8 Å². The first-order valence-corrected chi connectivity index (χ1v) is 9.57. The first-order chi connectivity index (χ1) is 12.3. The Kier molecular flexibility index (Phi) is 4.80. The molecule has 8 heteroatoms. The highest BCUT2D eigenvalue weighted by molar-refractivity contribution is 7.92. The van der Waals surface area contributed by atoms with Crippen LogP contribution in [0.1, 0.15) is 23.2 Å². The third-order valence-corrected chi connectivity index (χ3v) is 6.37. The van der Waals surface area contributed by atoms with Crippen molar-refractivity contribution in [3.8, 4) is 11.1 Å². The normalized spacial score (nSPS) is 18.3. The Hall–Kier alpha value is -2.71. The van der Waals surface area contributed by atoms with E-state index in [1.807, 2.05) is 0 Å². The summed E-state index contributed by atoms with van der Waals surface area (Å²) in [5.74, 6) is -1.38. The lowest BCUT2D eigenvalue weighted by Gasteiger charge is -2.20. The molecular weight excluding hydrogens is 356 g/mol. The molecule has 1 aliphatic heterocycles. The van der Waals surface area contributed by atoms with Crippen LogP contribution in [0.25, 0.3) is 11.1 Å². The van der Waals surface area contributed by atoms with E-state index in [9.17, 15) is 23.1 Å². The highest BCUT2D eigenvalue weighted by Crippen LogP contribution is 2.29. The molecular formula is C18H18N2O5S. The molecule has 1 heterocycles. The van der Waals surface area contributed by atoms with E-state index in [2.05, 4.69) is 5.32 Å². The van der Waals surface area contributed by atoms with Crippen LogP contribution in [0.5, 0.6) is 0 Å². The quantitative estimate of drug-likeness (QED) is 0.726. The molecule has 2 aromatic rings. The van der Waals surface area contributed by atoms with Gasteiger partial charge in [-0.15, -0.1) is 0 Å². The Morgan fingerprint density at radius 3 is 2.46 bits per heavy atom. The van der Waals surface area contributed by atoms with Crippen molar-refractivity contribution in [2.75, 3.05) is 0 Å². The molecule has 2 atom stereocenters. The molecule has 1 saturated heterocycles. The Morgan fingerprint density at radius 2 is 1.88 bits per heavy atom. The van der Waals surface area contributed by atoms with Crippen LogP contribution < -0.4 is 11.1 Å². The SMILES string of the molecule is NC([C@@H]1CCC(=O)N1)S(=O)(=O)c1ccc(C(=O)O)c(-c2ccccc2)c1. The Morgan fingerprint density at radius 1 is 1.19 bits per heavy atom. The summed E-state index contributed by atoms with van der Waals surface area (Å²) < 4.78 is 25.7. The van der Waals surface area contributed by atoms with Crippen LogP contribution in [0.3, 0.4) is 0 Å². The van der Waals surface area contributed by atoms with Crippen molar-refractivity contribution < 1.29 is 23.1 Å². The lowest BCUT2D eigenvalue weighted by molar-refractivity contribution is -0.119. The number of amides is 1. The number of hydrogen-bond donors (Lipinski definition) is 3. The predicted molar refractivity (Wildman–Crippen MR) is 95.2 cm³/mol. The van der Waals surface area contributed by atoms with Gasteiger partial charge >= 0.3 is 5.97 Å². The number of sulfone groups is 1. The zero-order chi connectivity index (χ0) is 18.9. The van der Waals surface area contributed by atoms with Crippen LogP contribution in [-0.2, 0) is 14.6 Å². The molecule has 1 unspecified atom stereocenters. The second-order valence-corrected chi connectivity index (χ2v) is 8.21. The number of nitrogens with one attached hydrogen (secondary N) is 1. The molecule has 0 radical (unpaired) electrons. The highest BCUT2D eigenvalue weighted by Gasteiger charge is 2.36. The van der Waals surface area contributed by atoms with Crippen molar-refractivity contribution in [1.29, 1.82) is 0 Å². The van der Waals surface area contributed by atoms with Crippen molar-refractivity contribution in [3.63, 3.8) is 0 Å². The molecule has 1 amide bonds. The summed E-state index contributed by atoms with van der Waals surface area (Å²) in [4.78, 5) is 22.8. The van der Waals surface area contributed by atoms with Crippen LogP contribution in [0.2, 0.25) is 0 Å². The zero-order valence-corrected chi connectivity index (χ0v) is 14.6. The predicted octanol–water partition coefficient (Wildman–Crippen LogP) is 1.39. The van der Waals surface area contributed by atoms with Gasteiger partial charge in [0.2, 0.25) is 5.91 Å². The number of benzene rings is 2. The fourth-order valence-corrected chi connectivity index (χ4v) is 4.49. The summed E-state index contributed by atoms with van der Waals surface area (Å²) in [5, 5.41) is 10.7. The van der Waals surface area contributed by atoms with Crippen molar-refractivity contribution in [2.45, 2.75) is 29.2 Å². The number of carboxylic acid groups (broad SMARTS) is 1.